The zero-order valence-corrected chi connectivity index (χ0v) is 20.4. The zero-order valence-electron chi connectivity index (χ0n) is 18.8. The Morgan fingerprint density at radius 2 is 1.94 bits per heavy atom. The van der Waals surface area contributed by atoms with Crippen molar-refractivity contribution in [3.63, 3.8) is 0 Å². The van der Waals surface area contributed by atoms with Gasteiger partial charge in [-0.15, -0.1) is 11.8 Å². The fraction of sp³-hybridized carbons (Fsp3) is 0.400. The van der Waals surface area contributed by atoms with Gasteiger partial charge >= 0.3 is 0 Å². The molecule has 1 aromatic heterocycles. The van der Waals surface area contributed by atoms with Gasteiger partial charge in [0.25, 0.3) is 0 Å². The van der Waals surface area contributed by atoms with E-state index in [0.717, 1.165) is 50.2 Å². The average Bonchev–Trinajstić information content (AvgIpc) is 3.29. The molecule has 2 heterocycles. The van der Waals surface area contributed by atoms with Crippen molar-refractivity contribution in [1.29, 1.82) is 0 Å². The Balaban J connectivity index is 1.14. The molecule has 0 spiro atoms. The number of hydrogen-bond donors (Lipinski definition) is 1. The second kappa shape index (κ2) is 11.7. The van der Waals surface area contributed by atoms with E-state index in [1.807, 2.05) is 36.0 Å². The molecule has 1 aliphatic rings. The molecule has 2 aromatic carbocycles. The minimum absolute atomic E-state index is 0.0763. The van der Waals surface area contributed by atoms with Crippen LogP contribution in [0, 0.1) is 12.8 Å². The van der Waals surface area contributed by atoms with Crippen LogP contribution in [0.2, 0.25) is 5.02 Å². The monoisotopic (exact) mass is 484 g/mol. The fourth-order valence-corrected chi connectivity index (χ4v) is 4.94. The number of carbonyl (C=O) groups excluding carboxylic acids is 1. The maximum absolute atomic E-state index is 12.5. The Bertz CT molecular complexity index is 1050. The van der Waals surface area contributed by atoms with Crippen LogP contribution >= 0.6 is 23.4 Å². The Morgan fingerprint density at radius 1 is 1.18 bits per heavy atom. The van der Waals surface area contributed by atoms with Crippen LogP contribution in [-0.4, -0.2) is 46.3 Å². The summed E-state index contributed by atoms with van der Waals surface area (Å²) in [6.45, 7) is 5.08. The molecule has 1 aliphatic heterocycles. The Morgan fingerprint density at radius 3 is 2.70 bits per heavy atom. The Kier molecular flexibility index (Phi) is 8.42. The highest BCUT2D eigenvalue weighted by atomic mass is 35.5. The Labute approximate surface area is 204 Å². The van der Waals surface area contributed by atoms with Crippen LogP contribution in [0.1, 0.15) is 30.7 Å². The highest BCUT2D eigenvalue weighted by Crippen LogP contribution is 2.26. The number of aromatic nitrogens is 2. The summed E-state index contributed by atoms with van der Waals surface area (Å²) in [6, 6.07) is 16.0. The molecule has 0 aliphatic carbocycles. The molecule has 1 fully saturated rings. The number of piperidine rings is 1. The van der Waals surface area contributed by atoms with Gasteiger partial charge in [0, 0.05) is 22.9 Å². The van der Waals surface area contributed by atoms with E-state index in [1.165, 1.54) is 10.5 Å². The minimum Gasteiger partial charge on any atom is -0.356 e. The molecule has 0 radical (unpaired) electrons. The quantitative estimate of drug-likeness (QED) is 0.332. The number of rotatable bonds is 9. The van der Waals surface area contributed by atoms with Crippen LogP contribution in [0.4, 0.5) is 0 Å². The molecule has 1 amide bonds. The van der Waals surface area contributed by atoms with Crippen molar-refractivity contribution in [1.82, 2.24) is 20.4 Å². The number of hydrogen-bond acceptors (Lipinski definition) is 6. The van der Waals surface area contributed by atoms with Gasteiger partial charge in [-0.1, -0.05) is 46.6 Å². The molecular weight excluding hydrogens is 456 g/mol. The van der Waals surface area contributed by atoms with Crippen LogP contribution in [0.15, 0.2) is 57.9 Å². The van der Waals surface area contributed by atoms with Gasteiger partial charge in [-0.05, 0) is 69.3 Å². The van der Waals surface area contributed by atoms with E-state index >= 15 is 0 Å². The van der Waals surface area contributed by atoms with E-state index in [4.69, 9.17) is 16.1 Å². The number of nitrogens with zero attached hydrogens (tertiary/aromatic N) is 3. The molecule has 1 N–H and O–H groups in total. The van der Waals surface area contributed by atoms with Crippen molar-refractivity contribution >= 4 is 29.3 Å². The predicted molar refractivity (Wildman–Crippen MR) is 132 cm³/mol. The molecule has 3 aromatic rings. The first kappa shape index (κ1) is 23.8. The Hall–Kier alpha value is -2.35. The van der Waals surface area contributed by atoms with E-state index in [0.29, 0.717) is 23.3 Å². The van der Waals surface area contributed by atoms with Crippen molar-refractivity contribution in [3.05, 3.63) is 65.0 Å². The highest BCUT2D eigenvalue weighted by molar-refractivity contribution is 7.99. The highest BCUT2D eigenvalue weighted by Gasteiger charge is 2.26. The first-order chi connectivity index (χ1) is 16.1. The molecule has 1 saturated heterocycles. The van der Waals surface area contributed by atoms with Crippen LogP contribution in [0.3, 0.4) is 0 Å². The predicted octanol–water partition coefficient (Wildman–Crippen LogP) is 5.21. The van der Waals surface area contributed by atoms with Crippen LogP contribution < -0.4 is 5.32 Å². The summed E-state index contributed by atoms with van der Waals surface area (Å²) >= 11 is 8.05. The number of nitrogens with one attached hydrogen (secondary N) is 1. The lowest BCUT2D eigenvalue weighted by Crippen LogP contribution is -2.40. The maximum atomic E-state index is 12.5. The van der Waals surface area contributed by atoms with Crippen LogP contribution in [0.5, 0.6) is 0 Å². The van der Waals surface area contributed by atoms with Crippen molar-refractivity contribution in [2.75, 3.05) is 25.4 Å². The molecule has 33 heavy (non-hydrogen) atoms. The van der Waals surface area contributed by atoms with E-state index < -0.39 is 0 Å². The van der Waals surface area contributed by atoms with E-state index in [9.17, 15) is 4.79 Å². The molecule has 0 bridgehead atoms. The normalized spacial score (nSPS) is 15.0. The lowest BCUT2D eigenvalue weighted by molar-refractivity contribution is -0.126. The summed E-state index contributed by atoms with van der Waals surface area (Å²) < 4.78 is 5.42. The van der Waals surface area contributed by atoms with Gasteiger partial charge in [0.2, 0.25) is 17.6 Å². The zero-order chi connectivity index (χ0) is 23.0. The topological polar surface area (TPSA) is 71.3 Å². The largest absolute Gasteiger partial charge is 0.356 e. The molecule has 8 heteroatoms. The molecule has 0 atom stereocenters. The van der Waals surface area contributed by atoms with Gasteiger partial charge in [0.15, 0.2) is 0 Å². The molecule has 6 nitrogen and oxygen atoms in total. The summed E-state index contributed by atoms with van der Waals surface area (Å²) in [5.41, 5.74) is 2.04. The van der Waals surface area contributed by atoms with Gasteiger partial charge in [-0.25, -0.2) is 0 Å². The SMILES string of the molecule is Cc1ccc(SCCCNC(=O)C2CCN(Cc3nc(-c4ccccc4Cl)no3)CC2)cc1. The smallest absolute Gasteiger partial charge is 0.241 e. The van der Waals surface area contributed by atoms with Crippen molar-refractivity contribution in [2.24, 2.45) is 5.92 Å². The number of carbonyl (C=O) groups is 1. The van der Waals surface area contributed by atoms with E-state index in [2.05, 4.69) is 51.5 Å². The third kappa shape index (κ3) is 6.82. The number of halogens is 1. The van der Waals surface area contributed by atoms with Crippen LogP contribution in [-0.2, 0) is 11.3 Å². The summed E-state index contributed by atoms with van der Waals surface area (Å²) in [7, 11) is 0. The van der Waals surface area contributed by atoms with Gasteiger partial charge in [-0.3, -0.25) is 9.69 Å². The van der Waals surface area contributed by atoms with Gasteiger partial charge in [0.05, 0.1) is 11.6 Å². The number of thioether (sulfide) groups is 1. The van der Waals surface area contributed by atoms with E-state index in [1.54, 1.807) is 0 Å². The fourth-order valence-electron chi connectivity index (χ4n) is 3.87. The first-order valence-corrected chi connectivity index (χ1v) is 12.7. The summed E-state index contributed by atoms with van der Waals surface area (Å²) in [5.74, 6) is 2.33. The summed E-state index contributed by atoms with van der Waals surface area (Å²) in [5, 5.41) is 7.78. The minimum atomic E-state index is 0.0763. The van der Waals surface area contributed by atoms with Crippen molar-refractivity contribution < 1.29 is 9.32 Å². The van der Waals surface area contributed by atoms with Gasteiger partial charge < -0.3 is 9.84 Å². The van der Waals surface area contributed by atoms with Crippen molar-refractivity contribution in [2.45, 2.75) is 37.6 Å². The van der Waals surface area contributed by atoms with E-state index in [-0.39, 0.29) is 11.8 Å². The standard InChI is InChI=1S/C25H29ClN4O2S/c1-18-7-9-20(10-8-18)33-16-4-13-27-25(31)19-11-14-30(15-12-19)17-23-28-24(29-32-23)21-5-2-3-6-22(21)26/h2-3,5-10,19H,4,11-17H2,1H3,(H,27,31). The molecule has 0 unspecified atom stereocenters. The first-order valence-electron chi connectivity index (χ1n) is 11.4. The lowest BCUT2D eigenvalue weighted by Gasteiger charge is -2.30. The molecule has 174 valence electrons. The number of likely N-dealkylation sites (tertiary alicyclic amines) is 1. The molecular formula is C25H29ClN4O2S. The van der Waals surface area contributed by atoms with Gasteiger partial charge in [-0.2, -0.15) is 4.98 Å². The van der Waals surface area contributed by atoms with Crippen LogP contribution in [0.25, 0.3) is 11.4 Å². The molecule has 0 saturated carbocycles. The maximum Gasteiger partial charge on any atom is 0.241 e. The summed E-state index contributed by atoms with van der Waals surface area (Å²) in [4.78, 5) is 20.6. The number of aryl methyl sites for hydroxylation is 1. The number of amides is 1. The second-order valence-corrected chi connectivity index (χ2v) is 9.92. The second-order valence-electron chi connectivity index (χ2n) is 8.35. The average molecular weight is 485 g/mol. The summed E-state index contributed by atoms with van der Waals surface area (Å²) in [6.07, 6.45) is 2.65. The third-order valence-corrected chi connectivity index (χ3v) is 7.24. The number of benzene rings is 2. The third-order valence-electron chi connectivity index (χ3n) is 5.81. The lowest BCUT2D eigenvalue weighted by atomic mass is 9.96. The van der Waals surface area contributed by atoms with Gasteiger partial charge in [0.1, 0.15) is 0 Å². The van der Waals surface area contributed by atoms with Crippen molar-refractivity contribution in [3.8, 4) is 11.4 Å². The molecule has 4 rings (SSSR count).